The summed E-state index contributed by atoms with van der Waals surface area (Å²) in [5, 5.41) is 0. The highest BCUT2D eigenvalue weighted by Gasteiger charge is 2.31. The fraction of sp³-hybridized carbons (Fsp3) is 0.455. The van der Waals surface area contributed by atoms with E-state index in [1.807, 2.05) is 37.2 Å². The second kappa shape index (κ2) is 8.29. The van der Waals surface area contributed by atoms with Gasteiger partial charge in [-0.25, -0.2) is 15.0 Å². The minimum Gasteiger partial charge on any atom is -0.379 e. The Kier molecular flexibility index (Phi) is 5.21. The molecule has 0 saturated carbocycles. The number of hydrogen-bond acceptors (Lipinski definition) is 6. The molecule has 0 radical (unpaired) electrons. The topological polar surface area (TPSA) is 69.0 Å². The molecule has 2 aliphatic rings. The first-order chi connectivity index (χ1) is 14.4. The quantitative estimate of drug-likeness (QED) is 0.667. The average Bonchev–Trinajstić information content (AvgIpc) is 3.44. The number of hydrogen-bond donors (Lipinski definition) is 0. The summed E-state index contributed by atoms with van der Waals surface area (Å²) >= 11 is 0. The first-order valence-electron chi connectivity index (χ1n) is 10.5. The molecule has 0 N–H and O–H groups in total. The van der Waals surface area contributed by atoms with Crippen LogP contribution in [0.3, 0.4) is 0 Å². The standard InChI is InChI=1S/C22H26N6O/c1-2-9-27(10-3-1)22-25-13-19(14-26-22)21-24-8-11-28(21)20-16-29-15-18(20)12-17-4-6-23-7-5-17/h4-8,11,13-14,18,20H,1-3,9-10,12,15-16H2/t18-,20-/m1/s1. The highest BCUT2D eigenvalue weighted by molar-refractivity contribution is 5.54. The summed E-state index contributed by atoms with van der Waals surface area (Å²) in [4.78, 5) is 20.3. The van der Waals surface area contributed by atoms with E-state index in [0.29, 0.717) is 12.5 Å². The number of anilines is 1. The van der Waals surface area contributed by atoms with Gasteiger partial charge in [-0.15, -0.1) is 0 Å². The zero-order valence-corrected chi connectivity index (χ0v) is 16.5. The molecule has 0 aliphatic carbocycles. The largest absolute Gasteiger partial charge is 0.379 e. The number of piperidine rings is 1. The first-order valence-corrected chi connectivity index (χ1v) is 10.5. The summed E-state index contributed by atoms with van der Waals surface area (Å²) in [6.07, 6.45) is 16.1. The van der Waals surface area contributed by atoms with Crippen LogP contribution in [-0.2, 0) is 11.2 Å². The van der Waals surface area contributed by atoms with Gasteiger partial charge in [-0.3, -0.25) is 4.98 Å². The Morgan fingerprint density at radius 1 is 0.931 bits per heavy atom. The van der Waals surface area contributed by atoms with E-state index in [4.69, 9.17) is 4.74 Å². The van der Waals surface area contributed by atoms with Crippen molar-refractivity contribution in [3.8, 4) is 11.4 Å². The van der Waals surface area contributed by atoms with Crippen molar-refractivity contribution < 1.29 is 4.74 Å². The lowest BCUT2D eigenvalue weighted by atomic mass is 9.95. The molecule has 7 heteroatoms. The van der Waals surface area contributed by atoms with Crippen molar-refractivity contribution >= 4 is 5.95 Å². The maximum Gasteiger partial charge on any atom is 0.225 e. The Bertz CT molecular complexity index is 920. The van der Waals surface area contributed by atoms with Crippen molar-refractivity contribution in [2.24, 2.45) is 5.92 Å². The number of ether oxygens (including phenoxy) is 1. The minimum absolute atomic E-state index is 0.252. The molecule has 5 heterocycles. The molecular weight excluding hydrogens is 364 g/mol. The van der Waals surface area contributed by atoms with Gasteiger partial charge in [-0.1, -0.05) is 0 Å². The number of nitrogens with zero attached hydrogens (tertiary/aromatic N) is 6. The van der Waals surface area contributed by atoms with Crippen LogP contribution in [0.15, 0.2) is 49.3 Å². The molecule has 0 unspecified atom stereocenters. The predicted molar refractivity (Wildman–Crippen MR) is 111 cm³/mol. The van der Waals surface area contributed by atoms with E-state index < -0.39 is 0 Å². The van der Waals surface area contributed by atoms with Gasteiger partial charge in [-0.05, 0) is 43.4 Å². The fourth-order valence-corrected chi connectivity index (χ4v) is 4.41. The van der Waals surface area contributed by atoms with Crippen LogP contribution >= 0.6 is 0 Å². The maximum atomic E-state index is 5.85. The summed E-state index contributed by atoms with van der Waals surface area (Å²) in [5.41, 5.74) is 2.24. The van der Waals surface area contributed by atoms with Crippen LogP contribution in [0.2, 0.25) is 0 Å². The molecule has 2 fully saturated rings. The van der Waals surface area contributed by atoms with Crippen LogP contribution in [0.1, 0.15) is 30.9 Å². The lowest BCUT2D eigenvalue weighted by Crippen LogP contribution is -2.30. The van der Waals surface area contributed by atoms with Crippen LogP contribution in [0.25, 0.3) is 11.4 Å². The van der Waals surface area contributed by atoms with Crippen LogP contribution in [0, 0.1) is 5.92 Å². The Morgan fingerprint density at radius 2 is 1.72 bits per heavy atom. The fourth-order valence-electron chi connectivity index (χ4n) is 4.41. The molecule has 150 valence electrons. The molecule has 29 heavy (non-hydrogen) atoms. The Labute approximate surface area is 170 Å². The van der Waals surface area contributed by atoms with Crippen LogP contribution in [0.4, 0.5) is 5.95 Å². The van der Waals surface area contributed by atoms with E-state index in [0.717, 1.165) is 43.5 Å². The van der Waals surface area contributed by atoms with Gasteiger partial charge in [0.15, 0.2) is 0 Å². The van der Waals surface area contributed by atoms with Gasteiger partial charge in [-0.2, -0.15) is 0 Å². The summed E-state index contributed by atoms with van der Waals surface area (Å²) < 4.78 is 8.09. The van der Waals surface area contributed by atoms with E-state index in [9.17, 15) is 0 Å². The van der Waals surface area contributed by atoms with Crippen LogP contribution in [-0.4, -0.2) is 50.8 Å². The lowest BCUT2D eigenvalue weighted by Gasteiger charge is -2.26. The third kappa shape index (κ3) is 3.87. The van der Waals surface area contributed by atoms with Gasteiger partial charge in [0.05, 0.1) is 24.8 Å². The van der Waals surface area contributed by atoms with Crippen molar-refractivity contribution in [2.75, 3.05) is 31.2 Å². The average molecular weight is 390 g/mol. The Morgan fingerprint density at radius 3 is 2.52 bits per heavy atom. The zero-order chi connectivity index (χ0) is 19.5. The number of aromatic nitrogens is 5. The highest BCUT2D eigenvalue weighted by atomic mass is 16.5. The van der Waals surface area contributed by atoms with Crippen molar-refractivity contribution in [3.63, 3.8) is 0 Å². The van der Waals surface area contributed by atoms with E-state index in [1.165, 1.54) is 24.8 Å². The summed E-state index contributed by atoms with van der Waals surface area (Å²) in [5.74, 6) is 2.13. The number of imidazole rings is 1. The highest BCUT2D eigenvalue weighted by Crippen LogP contribution is 2.32. The second-order valence-corrected chi connectivity index (χ2v) is 7.90. The third-order valence-corrected chi connectivity index (χ3v) is 5.97. The molecule has 2 atom stereocenters. The molecule has 2 aliphatic heterocycles. The van der Waals surface area contributed by atoms with Gasteiger partial charge in [0, 0.05) is 56.2 Å². The van der Waals surface area contributed by atoms with E-state index >= 15 is 0 Å². The van der Waals surface area contributed by atoms with Gasteiger partial charge < -0.3 is 14.2 Å². The molecule has 3 aromatic heterocycles. The summed E-state index contributed by atoms with van der Waals surface area (Å²) in [6, 6.07) is 4.41. The first kappa shape index (κ1) is 18.2. The second-order valence-electron chi connectivity index (χ2n) is 7.90. The van der Waals surface area contributed by atoms with Gasteiger partial charge in [0.2, 0.25) is 5.95 Å². The SMILES string of the molecule is c1cc(C[C@@H]2COC[C@H]2n2ccnc2-c2cnc(N3CCCCC3)nc2)ccn1. The smallest absolute Gasteiger partial charge is 0.225 e. The molecule has 0 aromatic carbocycles. The summed E-state index contributed by atoms with van der Waals surface area (Å²) in [7, 11) is 0. The monoisotopic (exact) mass is 390 g/mol. The molecule has 7 nitrogen and oxygen atoms in total. The predicted octanol–water partition coefficient (Wildman–Crippen LogP) is 3.16. The van der Waals surface area contributed by atoms with Crippen molar-refractivity contribution in [2.45, 2.75) is 31.7 Å². The molecule has 5 rings (SSSR count). The van der Waals surface area contributed by atoms with Crippen molar-refractivity contribution in [3.05, 3.63) is 54.9 Å². The van der Waals surface area contributed by atoms with Gasteiger partial charge >= 0.3 is 0 Å². The van der Waals surface area contributed by atoms with E-state index in [-0.39, 0.29) is 6.04 Å². The summed E-state index contributed by atoms with van der Waals surface area (Å²) in [6.45, 7) is 3.55. The van der Waals surface area contributed by atoms with Gasteiger partial charge in [0.1, 0.15) is 5.82 Å². The van der Waals surface area contributed by atoms with Crippen molar-refractivity contribution in [1.29, 1.82) is 0 Å². The number of rotatable bonds is 5. The minimum atomic E-state index is 0.252. The Balaban J connectivity index is 1.36. The van der Waals surface area contributed by atoms with Crippen molar-refractivity contribution in [1.82, 2.24) is 24.5 Å². The molecule has 3 aromatic rings. The van der Waals surface area contributed by atoms with E-state index in [1.54, 1.807) is 0 Å². The third-order valence-electron chi connectivity index (χ3n) is 5.97. The molecule has 0 spiro atoms. The lowest BCUT2D eigenvalue weighted by molar-refractivity contribution is 0.181. The maximum absolute atomic E-state index is 5.85. The zero-order valence-electron chi connectivity index (χ0n) is 16.5. The molecule has 0 bridgehead atoms. The van der Waals surface area contributed by atoms with E-state index in [2.05, 4.69) is 41.5 Å². The normalized spacial score (nSPS) is 22.1. The Hall–Kier alpha value is -2.80. The van der Waals surface area contributed by atoms with Crippen LogP contribution in [0.5, 0.6) is 0 Å². The molecular formula is C22H26N6O. The molecule has 0 amide bonds. The molecule has 2 saturated heterocycles. The van der Waals surface area contributed by atoms with Gasteiger partial charge in [0.25, 0.3) is 0 Å². The number of pyridine rings is 1. The van der Waals surface area contributed by atoms with Crippen LogP contribution < -0.4 is 4.90 Å².